The van der Waals surface area contributed by atoms with E-state index < -0.39 is 10.0 Å². The van der Waals surface area contributed by atoms with Crippen LogP contribution in [0.3, 0.4) is 0 Å². The Hall–Kier alpha value is -0.700. The van der Waals surface area contributed by atoms with Crippen molar-refractivity contribution in [3.8, 4) is 0 Å². The first-order chi connectivity index (χ1) is 11.0. The lowest BCUT2D eigenvalue weighted by Crippen LogP contribution is -2.46. The fraction of sp³-hybridized carbons (Fsp3) is 0.467. The zero-order valence-electron chi connectivity index (χ0n) is 12.9. The molecule has 0 spiro atoms. The van der Waals surface area contributed by atoms with E-state index in [1.165, 1.54) is 11.3 Å². The van der Waals surface area contributed by atoms with Gasteiger partial charge in [0, 0.05) is 59.3 Å². The molecule has 3 rings (SSSR count). The minimum atomic E-state index is -3.53. The summed E-state index contributed by atoms with van der Waals surface area (Å²) in [5.41, 5.74) is 0. The van der Waals surface area contributed by atoms with Crippen LogP contribution < -0.4 is 10.0 Å². The van der Waals surface area contributed by atoms with Gasteiger partial charge in [-0.25, -0.2) is 13.1 Å². The number of benzene rings is 1. The number of hydrogen-bond donors (Lipinski definition) is 2. The van der Waals surface area contributed by atoms with E-state index in [1.54, 1.807) is 12.1 Å². The van der Waals surface area contributed by atoms with Crippen molar-refractivity contribution in [2.24, 2.45) is 0 Å². The van der Waals surface area contributed by atoms with Crippen LogP contribution in [0.25, 0.3) is 10.1 Å². The molecular weight excluding hydrogens is 354 g/mol. The summed E-state index contributed by atoms with van der Waals surface area (Å²) < 4.78 is 29.1. The van der Waals surface area contributed by atoms with Gasteiger partial charge in [0.1, 0.15) is 4.90 Å². The van der Waals surface area contributed by atoms with Gasteiger partial charge >= 0.3 is 0 Å². The van der Waals surface area contributed by atoms with Crippen LogP contribution in [-0.2, 0) is 10.0 Å². The molecule has 23 heavy (non-hydrogen) atoms. The average Bonchev–Trinajstić information content (AvgIpc) is 2.84. The van der Waals surface area contributed by atoms with Crippen LogP contribution in [0.1, 0.15) is 4.88 Å². The number of hydrogen-bond acceptors (Lipinski definition) is 5. The lowest BCUT2D eigenvalue weighted by molar-refractivity contribution is 0.245. The van der Waals surface area contributed by atoms with Gasteiger partial charge in [-0.3, -0.25) is 4.90 Å². The Morgan fingerprint density at radius 1 is 1.35 bits per heavy atom. The number of nitrogens with zero attached hydrogens (tertiary/aromatic N) is 1. The number of rotatable bonds is 5. The van der Waals surface area contributed by atoms with E-state index in [4.69, 9.17) is 11.6 Å². The minimum Gasteiger partial charge on any atom is -0.314 e. The van der Waals surface area contributed by atoms with Gasteiger partial charge in [-0.2, -0.15) is 0 Å². The second kappa shape index (κ2) is 7.04. The Kier molecular flexibility index (Phi) is 5.25. The fourth-order valence-electron chi connectivity index (χ4n) is 2.85. The Balaban J connectivity index is 1.76. The van der Waals surface area contributed by atoms with Gasteiger partial charge in [-0.05, 0) is 25.1 Å². The summed E-state index contributed by atoms with van der Waals surface area (Å²) >= 11 is 7.51. The van der Waals surface area contributed by atoms with Gasteiger partial charge in [0.2, 0.25) is 10.0 Å². The lowest BCUT2D eigenvalue weighted by atomic mass is 10.2. The topological polar surface area (TPSA) is 61.4 Å². The molecule has 0 saturated carbocycles. The maximum atomic E-state index is 12.7. The normalized spacial score (nSPS) is 17.0. The summed E-state index contributed by atoms with van der Waals surface area (Å²) in [5.74, 6) is 0. The molecule has 1 aromatic carbocycles. The average molecular weight is 374 g/mol. The van der Waals surface area contributed by atoms with E-state index in [-0.39, 0.29) is 0 Å². The number of sulfonamides is 1. The first kappa shape index (κ1) is 17.1. The van der Waals surface area contributed by atoms with Gasteiger partial charge in [0.25, 0.3) is 0 Å². The predicted octanol–water partition coefficient (Wildman–Crippen LogP) is 2.05. The first-order valence-corrected chi connectivity index (χ1v) is 10.3. The zero-order valence-corrected chi connectivity index (χ0v) is 15.3. The fourth-order valence-corrected chi connectivity index (χ4v) is 5.82. The van der Waals surface area contributed by atoms with Crippen molar-refractivity contribution < 1.29 is 8.42 Å². The number of aryl methyl sites for hydroxylation is 1. The molecular formula is C15H20ClN3O2S2. The molecule has 1 fully saturated rings. The highest BCUT2D eigenvalue weighted by atomic mass is 35.5. The van der Waals surface area contributed by atoms with Crippen molar-refractivity contribution in [1.29, 1.82) is 0 Å². The molecule has 5 nitrogen and oxygen atoms in total. The van der Waals surface area contributed by atoms with E-state index in [1.807, 2.05) is 13.0 Å². The number of nitrogens with one attached hydrogen (secondary N) is 2. The standard InChI is InChI=1S/C15H20ClN3O2S2/c1-11-15(13-10-12(16)2-3-14(13)22-11)23(20,21)18-6-9-19-7-4-17-5-8-19/h2-3,10,17-18H,4-9H2,1H3. The molecule has 1 aliphatic rings. The molecule has 8 heteroatoms. The van der Waals surface area contributed by atoms with E-state index in [0.717, 1.165) is 42.3 Å². The van der Waals surface area contributed by atoms with Crippen LogP contribution in [-0.4, -0.2) is 52.6 Å². The van der Waals surface area contributed by atoms with Crippen LogP contribution in [0.5, 0.6) is 0 Å². The highest BCUT2D eigenvalue weighted by molar-refractivity contribution is 7.90. The third-order valence-corrected chi connectivity index (χ3v) is 7.07. The van der Waals surface area contributed by atoms with Crippen LogP contribution in [0.15, 0.2) is 23.1 Å². The molecule has 0 amide bonds. The van der Waals surface area contributed by atoms with E-state index in [0.29, 0.717) is 21.8 Å². The number of piperazine rings is 1. The molecule has 2 heterocycles. The van der Waals surface area contributed by atoms with Crippen molar-refractivity contribution in [2.75, 3.05) is 39.3 Å². The Morgan fingerprint density at radius 2 is 2.09 bits per heavy atom. The van der Waals surface area contributed by atoms with Crippen LogP contribution in [0.2, 0.25) is 5.02 Å². The van der Waals surface area contributed by atoms with Crippen LogP contribution in [0.4, 0.5) is 0 Å². The second-order valence-electron chi connectivity index (χ2n) is 5.62. The van der Waals surface area contributed by atoms with E-state index in [9.17, 15) is 8.42 Å². The zero-order chi connectivity index (χ0) is 16.4. The van der Waals surface area contributed by atoms with Gasteiger partial charge in [0.15, 0.2) is 0 Å². The Bertz CT molecular complexity index is 798. The van der Waals surface area contributed by atoms with Gasteiger partial charge < -0.3 is 5.32 Å². The lowest BCUT2D eigenvalue weighted by Gasteiger charge is -2.27. The predicted molar refractivity (Wildman–Crippen MR) is 96.1 cm³/mol. The molecule has 2 aromatic rings. The van der Waals surface area contributed by atoms with Crippen molar-refractivity contribution in [3.05, 3.63) is 28.1 Å². The Labute approximate surface area is 145 Å². The molecule has 0 radical (unpaired) electrons. The van der Waals surface area contributed by atoms with E-state index in [2.05, 4.69) is 14.9 Å². The molecule has 126 valence electrons. The SMILES string of the molecule is Cc1sc2ccc(Cl)cc2c1S(=O)(=O)NCCN1CCNCC1. The van der Waals surface area contributed by atoms with Crippen LogP contribution >= 0.6 is 22.9 Å². The van der Waals surface area contributed by atoms with Crippen molar-refractivity contribution in [2.45, 2.75) is 11.8 Å². The van der Waals surface area contributed by atoms with E-state index >= 15 is 0 Å². The maximum absolute atomic E-state index is 12.7. The largest absolute Gasteiger partial charge is 0.314 e. The molecule has 1 aromatic heterocycles. The minimum absolute atomic E-state index is 0.361. The number of fused-ring (bicyclic) bond motifs is 1. The molecule has 1 aliphatic heterocycles. The number of thiophene rings is 1. The van der Waals surface area contributed by atoms with Crippen molar-refractivity contribution >= 4 is 43.0 Å². The summed E-state index contributed by atoms with van der Waals surface area (Å²) in [4.78, 5) is 3.41. The number of halogens is 1. The quantitative estimate of drug-likeness (QED) is 0.842. The summed E-state index contributed by atoms with van der Waals surface area (Å²) in [7, 11) is -3.53. The highest BCUT2D eigenvalue weighted by Crippen LogP contribution is 2.35. The van der Waals surface area contributed by atoms with Crippen LogP contribution in [0, 0.1) is 6.92 Å². The molecule has 1 saturated heterocycles. The smallest absolute Gasteiger partial charge is 0.242 e. The summed E-state index contributed by atoms with van der Waals surface area (Å²) in [6.07, 6.45) is 0. The molecule has 0 unspecified atom stereocenters. The first-order valence-electron chi connectivity index (χ1n) is 7.59. The highest BCUT2D eigenvalue weighted by Gasteiger charge is 2.23. The molecule has 0 atom stereocenters. The molecule has 0 aliphatic carbocycles. The third-order valence-electron chi connectivity index (χ3n) is 3.97. The van der Waals surface area contributed by atoms with Crippen molar-refractivity contribution in [3.63, 3.8) is 0 Å². The summed E-state index contributed by atoms with van der Waals surface area (Å²) in [6, 6.07) is 5.38. The summed E-state index contributed by atoms with van der Waals surface area (Å²) in [5, 5.41) is 4.54. The maximum Gasteiger partial charge on any atom is 0.242 e. The monoisotopic (exact) mass is 373 g/mol. The van der Waals surface area contributed by atoms with Gasteiger partial charge in [-0.15, -0.1) is 11.3 Å². The van der Waals surface area contributed by atoms with Crippen molar-refractivity contribution in [1.82, 2.24) is 14.9 Å². The van der Waals surface area contributed by atoms with Gasteiger partial charge in [-0.1, -0.05) is 11.6 Å². The third kappa shape index (κ3) is 3.87. The molecule has 0 bridgehead atoms. The summed E-state index contributed by atoms with van der Waals surface area (Å²) in [6.45, 7) is 6.81. The Morgan fingerprint density at radius 3 is 2.83 bits per heavy atom. The van der Waals surface area contributed by atoms with Gasteiger partial charge in [0.05, 0.1) is 0 Å². The second-order valence-corrected chi connectivity index (χ2v) is 9.01. The molecule has 2 N–H and O–H groups in total.